The molecule has 94 valence electrons. The van der Waals surface area contributed by atoms with Crippen LogP contribution in [-0.4, -0.2) is 50.0 Å². The van der Waals surface area contributed by atoms with Gasteiger partial charge < -0.3 is 14.4 Å². The lowest BCUT2D eigenvalue weighted by molar-refractivity contribution is -0.933. The van der Waals surface area contributed by atoms with Gasteiger partial charge in [0.05, 0.1) is 19.8 Å². The van der Waals surface area contributed by atoms with Crippen molar-refractivity contribution in [3.05, 3.63) is 0 Å². The Labute approximate surface area is 105 Å². The number of carbonyl (C=O) groups is 1. The standard InChI is InChI=1S/C9H16Cl2N2O3/c1-2-16-9(14)12-8(7(10)11)13-3-5-15-6-4-13/h7-8H,2-6H2,1H3,(H,12,14)/p+1/t8-/m1/s1. The van der Waals surface area contributed by atoms with E-state index in [9.17, 15) is 4.79 Å². The van der Waals surface area contributed by atoms with Gasteiger partial charge in [-0.1, -0.05) is 23.2 Å². The van der Waals surface area contributed by atoms with Gasteiger partial charge >= 0.3 is 6.09 Å². The lowest BCUT2D eigenvalue weighted by Gasteiger charge is -2.31. The minimum atomic E-state index is -0.669. The largest absolute Gasteiger partial charge is 0.450 e. The van der Waals surface area contributed by atoms with E-state index in [1.807, 2.05) is 0 Å². The fourth-order valence-corrected chi connectivity index (χ4v) is 2.07. The topological polar surface area (TPSA) is 52.0 Å². The van der Waals surface area contributed by atoms with Gasteiger partial charge in [0.2, 0.25) is 0 Å². The van der Waals surface area contributed by atoms with Gasteiger partial charge in [0.25, 0.3) is 0 Å². The van der Waals surface area contributed by atoms with E-state index < -0.39 is 10.9 Å². The molecule has 0 spiro atoms. The third-order valence-electron chi connectivity index (χ3n) is 2.38. The molecule has 0 saturated carbocycles. The van der Waals surface area contributed by atoms with E-state index in [-0.39, 0.29) is 6.17 Å². The molecule has 0 aromatic carbocycles. The van der Waals surface area contributed by atoms with Crippen LogP contribution in [0.4, 0.5) is 4.79 Å². The van der Waals surface area contributed by atoms with Crippen molar-refractivity contribution in [1.29, 1.82) is 0 Å². The van der Waals surface area contributed by atoms with Crippen LogP contribution in [0.3, 0.4) is 0 Å². The Balaban J connectivity index is 2.48. The van der Waals surface area contributed by atoms with E-state index in [0.29, 0.717) is 19.8 Å². The van der Waals surface area contributed by atoms with Gasteiger partial charge in [0.1, 0.15) is 13.1 Å². The monoisotopic (exact) mass is 271 g/mol. The molecule has 0 aromatic rings. The number of alkyl halides is 2. The number of alkyl carbamates (subject to hydrolysis) is 1. The number of rotatable bonds is 4. The van der Waals surface area contributed by atoms with Crippen molar-refractivity contribution in [3.8, 4) is 0 Å². The highest BCUT2D eigenvalue weighted by molar-refractivity contribution is 6.44. The lowest BCUT2D eigenvalue weighted by atomic mass is 10.3. The number of halogens is 2. The first-order chi connectivity index (χ1) is 7.65. The molecule has 1 amide bonds. The lowest BCUT2D eigenvalue weighted by Crippen LogP contribution is -3.20. The first-order valence-corrected chi connectivity index (χ1v) is 6.16. The average molecular weight is 272 g/mol. The molecule has 0 unspecified atom stereocenters. The van der Waals surface area contributed by atoms with Gasteiger partial charge in [-0.15, -0.1) is 0 Å². The Bertz CT molecular complexity index is 223. The molecule has 1 rings (SSSR count). The maximum atomic E-state index is 11.3. The Hall–Kier alpha value is -0.230. The molecule has 1 saturated heterocycles. The van der Waals surface area contributed by atoms with E-state index in [1.54, 1.807) is 6.92 Å². The molecule has 5 nitrogen and oxygen atoms in total. The highest BCUT2D eigenvalue weighted by atomic mass is 35.5. The molecule has 1 fully saturated rings. The number of amides is 1. The van der Waals surface area contributed by atoms with Crippen LogP contribution in [0.15, 0.2) is 0 Å². The van der Waals surface area contributed by atoms with E-state index in [0.717, 1.165) is 18.0 Å². The second-order valence-corrected chi connectivity index (χ2v) is 4.61. The molecular weight excluding hydrogens is 255 g/mol. The Morgan fingerprint density at radius 2 is 2.12 bits per heavy atom. The van der Waals surface area contributed by atoms with Gasteiger partial charge in [-0.2, -0.15) is 0 Å². The molecule has 1 heterocycles. The van der Waals surface area contributed by atoms with Crippen LogP contribution in [0.5, 0.6) is 0 Å². The third kappa shape index (κ3) is 4.33. The minimum Gasteiger partial charge on any atom is -0.450 e. The summed E-state index contributed by atoms with van der Waals surface area (Å²) in [5.74, 6) is 0. The van der Waals surface area contributed by atoms with E-state index in [1.165, 1.54) is 0 Å². The normalized spacial score (nSPS) is 19.5. The predicted octanol–water partition coefficient (Wildman–Crippen LogP) is -0.223. The summed E-state index contributed by atoms with van der Waals surface area (Å²) in [6.07, 6.45) is -0.843. The summed E-state index contributed by atoms with van der Waals surface area (Å²) in [5, 5.41) is 2.67. The van der Waals surface area contributed by atoms with Gasteiger partial charge in [-0.25, -0.2) is 4.79 Å². The highest BCUT2D eigenvalue weighted by Gasteiger charge is 2.31. The summed E-state index contributed by atoms with van der Waals surface area (Å²) in [7, 11) is 0. The van der Waals surface area contributed by atoms with Crippen LogP contribution in [0.1, 0.15) is 6.92 Å². The molecule has 16 heavy (non-hydrogen) atoms. The Morgan fingerprint density at radius 1 is 1.50 bits per heavy atom. The van der Waals surface area contributed by atoms with Crippen LogP contribution in [0.25, 0.3) is 0 Å². The zero-order valence-corrected chi connectivity index (χ0v) is 10.7. The summed E-state index contributed by atoms with van der Waals surface area (Å²) in [6.45, 7) is 4.91. The van der Waals surface area contributed by atoms with E-state index >= 15 is 0 Å². The number of nitrogens with one attached hydrogen (secondary N) is 2. The molecule has 1 aliphatic heterocycles. The summed E-state index contributed by atoms with van der Waals surface area (Å²) >= 11 is 11.7. The quantitative estimate of drug-likeness (QED) is 0.696. The van der Waals surface area contributed by atoms with Crippen LogP contribution in [0, 0.1) is 0 Å². The van der Waals surface area contributed by atoms with Crippen molar-refractivity contribution < 1.29 is 19.2 Å². The second kappa shape index (κ2) is 7.17. The number of ether oxygens (including phenoxy) is 2. The van der Waals surface area contributed by atoms with Crippen LogP contribution < -0.4 is 10.2 Å². The first-order valence-electron chi connectivity index (χ1n) is 5.29. The average Bonchev–Trinajstić information content (AvgIpc) is 2.27. The fraction of sp³-hybridized carbons (Fsp3) is 0.889. The fourth-order valence-electron chi connectivity index (χ4n) is 1.59. The summed E-state index contributed by atoms with van der Waals surface area (Å²) < 4.78 is 10.0. The second-order valence-electron chi connectivity index (χ2n) is 3.45. The molecule has 7 heteroatoms. The number of hydrogen-bond acceptors (Lipinski definition) is 3. The molecule has 0 bridgehead atoms. The molecule has 0 radical (unpaired) electrons. The predicted molar refractivity (Wildman–Crippen MR) is 61.0 cm³/mol. The summed E-state index contributed by atoms with van der Waals surface area (Å²) in [6, 6.07) is 0. The molecule has 1 atom stereocenters. The smallest absolute Gasteiger partial charge is 0.411 e. The van der Waals surface area contributed by atoms with Gasteiger partial charge in [-0.3, -0.25) is 5.32 Å². The van der Waals surface area contributed by atoms with Crippen LogP contribution >= 0.6 is 23.2 Å². The first kappa shape index (κ1) is 13.8. The number of morpholine rings is 1. The molecular formula is C9H17Cl2N2O3+. The van der Waals surface area contributed by atoms with Crippen molar-refractivity contribution in [2.45, 2.75) is 17.9 Å². The van der Waals surface area contributed by atoms with E-state index in [4.69, 9.17) is 32.7 Å². The summed E-state index contributed by atoms with van der Waals surface area (Å²) in [5.41, 5.74) is 0. The Kier molecular flexibility index (Phi) is 6.20. The molecule has 0 aliphatic carbocycles. The van der Waals surface area contributed by atoms with Crippen molar-refractivity contribution in [1.82, 2.24) is 5.32 Å². The van der Waals surface area contributed by atoms with Crippen molar-refractivity contribution in [2.24, 2.45) is 0 Å². The number of hydrogen-bond donors (Lipinski definition) is 2. The van der Waals surface area contributed by atoms with Gasteiger partial charge in [0.15, 0.2) is 11.0 Å². The van der Waals surface area contributed by atoms with Crippen LogP contribution in [0.2, 0.25) is 0 Å². The SMILES string of the molecule is CCOC(=O)N[C@@H](C(Cl)Cl)[NH+]1CCOCC1. The van der Waals surface area contributed by atoms with Crippen LogP contribution in [-0.2, 0) is 9.47 Å². The molecule has 2 N–H and O–H groups in total. The van der Waals surface area contributed by atoms with E-state index in [2.05, 4.69) is 5.32 Å². The Morgan fingerprint density at radius 3 is 2.62 bits per heavy atom. The zero-order valence-electron chi connectivity index (χ0n) is 9.17. The maximum absolute atomic E-state index is 11.3. The van der Waals surface area contributed by atoms with Crippen molar-refractivity contribution >= 4 is 29.3 Å². The maximum Gasteiger partial charge on any atom is 0.411 e. The number of quaternary nitrogens is 1. The molecule has 1 aliphatic rings. The van der Waals surface area contributed by atoms with Crippen molar-refractivity contribution in [2.75, 3.05) is 32.9 Å². The third-order valence-corrected chi connectivity index (χ3v) is 2.88. The number of carbonyl (C=O) groups excluding carboxylic acids is 1. The molecule has 0 aromatic heterocycles. The summed E-state index contributed by atoms with van der Waals surface area (Å²) in [4.78, 5) is 11.7. The minimum absolute atomic E-state index is 0.326. The van der Waals surface area contributed by atoms with Gasteiger partial charge in [0, 0.05) is 0 Å². The van der Waals surface area contributed by atoms with Crippen molar-refractivity contribution in [3.63, 3.8) is 0 Å². The van der Waals surface area contributed by atoms with Gasteiger partial charge in [-0.05, 0) is 6.92 Å². The zero-order chi connectivity index (χ0) is 12.0. The highest BCUT2D eigenvalue weighted by Crippen LogP contribution is 2.04.